The Hall–Kier alpha value is -3.52. The van der Waals surface area contributed by atoms with Crippen LogP contribution in [0.2, 0.25) is 0 Å². The number of aromatic nitrogens is 1. The number of aliphatic hydroxyl groups excluding tert-OH is 2. The fraction of sp³-hybridized carbons (Fsp3) is 0.520. The number of rotatable bonds is 15. The Morgan fingerprint density at radius 2 is 1.55 bits per heavy atom. The maximum absolute atomic E-state index is 13.3. The first-order valence-electron chi connectivity index (χ1n) is 12.5. The number of aliphatic hydroxyl groups is 2. The molecule has 1 heterocycles. The third kappa shape index (κ3) is 8.52. The minimum absolute atomic E-state index is 0.0384. The van der Waals surface area contributed by atoms with Crippen LogP contribution < -0.4 is 27.4 Å². The number of carboxylic acids is 1. The van der Waals surface area contributed by atoms with Gasteiger partial charge in [-0.1, -0.05) is 24.6 Å². The maximum Gasteiger partial charge on any atom is 0.328 e. The van der Waals surface area contributed by atoms with Crippen LogP contribution in [0.15, 0.2) is 30.5 Å². The summed E-state index contributed by atoms with van der Waals surface area (Å²) in [6.45, 7) is 2.88. The van der Waals surface area contributed by atoms with Crippen LogP contribution in [-0.4, -0.2) is 86.9 Å². The van der Waals surface area contributed by atoms with Crippen molar-refractivity contribution < 1.29 is 34.5 Å². The Labute approximate surface area is 220 Å². The molecule has 6 atom stereocenters. The highest BCUT2D eigenvalue weighted by Crippen LogP contribution is 2.19. The van der Waals surface area contributed by atoms with Gasteiger partial charge in [0.1, 0.15) is 12.1 Å². The van der Waals surface area contributed by atoms with Gasteiger partial charge in [-0.2, -0.15) is 0 Å². The first kappa shape index (κ1) is 30.7. The first-order valence-corrected chi connectivity index (χ1v) is 12.5. The lowest BCUT2D eigenvalue weighted by Gasteiger charge is -2.27. The zero-order valence-corrected chi connectivity index (χ0v) is 21.5. The second-order valence-electron chi connectivity index (χ2n) is 9.31. The number of carboxylic acid groups (broad SMARTS) is 1. The molecule has 13 nitrogen and oxygen atoms in total. The first-order chi connectivity index (χ1) is 18.0. The minimum atomic E-state index is -1.66. The molecule has 0 bridgehead atoms. The highest BCUT2D eigenvalue weighted by molar-refractivity contribution is 5.95. The molecule has 0 spiro atoms. The van der Waals surface area contributed by atoms with E-state index in [0.717, 1.165) is 16.5 Å². The van der Waals surface area contributed by atoms with Crippen molar-refractivity contribution in [2.24, 2.45) is 11.5 Å². The number of carbonyl (C=O) groups is 4. The molecule has 6 unspecified atom stereocenters. The maximum atomic E-state index is 13.3. The second-order valence-corrected chi connectivity index (χ2v) is 9.31. The van der Waals surface area contributed by atoms with Crippen LogP contribution in [0.5, 0.6) is 0 Å². The van der Waals surface area contributed by atoms with Crippen LogP contribution in [0.25, 0.3) is 10.9 Å². The number of aliphatic carboxylic acids is 1. The third-order valence-corrected chi connectivity index (χ3v) is 6.15. The van der Waals surface area contributed by atoms with Gasteiger partial charge in [0.25, 0.3) is 0 Å². The molecule has 0 saturated carbocycles. The number of nitrogens with two attached hydrogens (primary N) is 2. The van der Waals surface area contributed by atoms with E-state index in [9.17, 15) is 34.5 Å². The molecule has 38 heavy (non-hydrogen) atoms. The fourth-order valence-electron chi connectivity index (χ4n) is 3.94. The van der Waals surface area contributed by atoms with E-state index in [1.54, 1.807) is 6.20 Å². The van der Waals surface area contributed by atoms with E-state index in [-0.39, 0.29) is 6.42 Å². The zero-order valence-electron chi connectivity index (χ0n) is 21.5. The molecule has 0 fully saturated rings. The number of H-pyrrole nitrogens is 1. The molecule has 1 aromatic heterocycles. The van der Waals surface area contributed by atoms with E-state index in [0.29, 0.717) is 25.8 Å². The van der Waals surface area contributed by atoms with Crippen molar-refractivity contribution in [2.45, 2.75) is 75.9 Å². The lowest BCUT2D eigenvalue weighted by Crippen LogP contribution is -2.61. The van der Waals surface area contributed by atoms with Gasteiger partial charge in [0.15, 0.2) is 6.04 Å². The van der Waals surface area contributed by atoms with Crippen molar-refractivity contribution >= 4 is 34.6 Å². The molecule has 0 saturated heterocycles. The number of amides is 3. The molecule has 1 aromatic carbocycles. The molecule has 0 aliphatic heterocycles. The van der Waals surface area contributed by atoms with Crippen molar-refractivity contribution in [3.05, 3.63) is 36.0 Å². The van der Waals surface area contributed by atoms with E-state index in [2.05, 4.69) is 20.9 Å². The fourth-order valence-corrected chi connectivity index (χ4v) is 3.94. The van der Waals surface area contributed by atoms with E-state index in [4.69, 9.17) is 11.5 Å². The topological polar surface area (TPSA) is 233 Å². The molecule has 2 aromatic rings. The normalized spacial score (nSPS) is 16.1. The molecular weight excluding hydrogens is 496 g/mol. The Balaban J connectivity index is 2.26. The number of para-hydroxylation sites is 1. The van der Waals surface area contributed by atoms with Crippen molar-refractivity contribution in [1.82, 2.24) is 20.9 Å². The quantitative estimate of drug-likeness (QED) is 0.120. The van der Waals surface area contributed by atoms with Gasteiger partial charge in [-0.05, 0) is 44.9 Å². The zero-order chi connectivity index (χ0) is 28.4. The van der Waals surface area contributed by atoms with Gasteiger partial charge in [0, 0.05) is 23.5 Å². The van der Waals surface area contributed by atoms with Crippen LogP contribution in [0.3, 0.4) is 0 Å². The summed E-state index contributed by atoms with van der Waals surface area (Å²) in [6, 6.07) is 2.09. The predicted octanol–water partition coefficient (Wildman–Crippen LogP) is -1.53. The number of hydrogen-bond donors (Lipinski definition) is 9. The van der Waals surface area contributed by atoms with Gasteiger partial charge in [0.05, 0.1) is 18.2 Å². The Bertz CT molecular complexity index is 1100. The number of nitrogens with one attached hydrogen (secondary N) is 4. The molecule has 0 aliphatic rings. The number of aromatic amines is 1. The van der Waals surface area contributed by atoms with Gasteiger partial charge in [-0.25, -0.2) is 4.79 Å². The lowest BCUT2D eigenvalue weighted by atomic mass is 10.0. The molecule has 11 N–H and O–H groups in total. The highest BCUT2D eigenvalue weighted by Gasteiger charge is 2.34. The van der Waals surface area contributed by atoms with Gasteiger partial charge in [-0.15, -0.1) is 0 Å². The van der Waals surface area contributed by atoms with E-state index in [1.165, 1.54) is 13.8 Å². The SMILES string of the molecule is CC(O)C(NC(=O)C(NC(=O)C(Cc1c[nH]c2ccccc12)NC(=O)C(N)CCCCN)C(C)O)C(=O)O. The van der Waals surface area contributed by atoms with Crippen molar-refractivity contribution in [3.63, 3.8) is 0 Å². The third-order valence-electron chi connectivity index (χ3n) is 6.15. The monoisotopic (exact) mass is 534 g/mol. The Morgan fingerprint density at radius 3 is 2.16 bits per heavy atom. The van der Waals surface area contributed by atoms with Crippen molar-refractivity contribution in [2.75, 3.05) is 6.54 Å². The summed E-state index contributed by atoms with van der Waals surface area (Å²) in [4.78, 5) is 53.4. The summed E-state index contributed by atoms with van der Waals surface area (Å²) in [5.41, 5.74) is 13.0. The summed E-state index contributed by atoms with van der Waals surface area (Å²) in [6.07, 6.45) is 0.562. The second kappa shape index (κ2) is 14.4. The lowest BCUT2D eigenvalue weighted by molar-refractivity contribution is -0.146. The summed E-state index contributed by atoms with van der Waals surface area (Å²) >= 11 is 0. The Kier molecular flexibility index (Phi) is 11.7. The van der Waals surface area contributed by atoms with Crippen LogP contribution in [0, 0.1) is 0 Å². The number of carbonyl (C=O) groups excluding carboxylic acids is 3. The van der Waals surface area contributed by atoms with Crippen LogP contribution in [0.1, 0.15) is 38.7 Å². The standard InChI is InChI=1S/C25H38N6O7/c1-13(32)20(24(36)31-21(14(2)33)25(37)38)30-23(35)19(29-22(34)17(27)8-5-6-10-26)11-15-12-28-18-9-4-3-7-16(15)18/h3-4,7,9,12-14,17,19-21,28,32-33H,5-6,8,10-11,26-27H2,1-2H3,(H,29,34)(H,30,35)(H,31,36)(H,37,38). The van der Waals surface area contributed by atoms with Crippen molar-refractivity contribution in [1.29, 1.82) is 0 Å². The largest absolute Gasteiger partial charge is 0.480 e. The average Bonchev–Trinajstić information content (AvgIpc) is 3.27. The number of hydrogen-bond acceptors (Lipinski definition) is 8. The van der Waals surface area contributed by atoms with Gasteiger partial charge in [0.2, 0.25) is 17.7 Å². The van der Waals surface area contributed by atoms with E-state index in [1.807, 2.05) is 24.3 Å². The molecule has 210 valence electrons. The van der Waals surface area contributed by atoms with Gasteiger partial charge in [-0.3, -0.25) is 14.4 Å². The smallest absolute Gasteiger partial charge is 0.328 e. The van der Waals surface area contributed by atoms with E-state index >= 15 is 0 Å². The van der Waals surface area contributed by atoms with Crippen molar-refractivity contribution in [3.8, 4) is 0 Å². The predicted molar refractivity (Wildman–Crippen MR) is 140 cm³/mol. The molecule has 3 amide bonds. The van der Waals surface area contributed by atoms with Crippen LogP contribution in [-0.2, 0) is 25.6 Å². The number of benzene rings is 1. The summed E-state index contributed by atoms with van der Waals surface area (Å²) < 4.78 is 0. The molecule has 13 heteroatoms. The Morgan fingerprint density at radius 1 is 0.921 bits per heavy atom. The molecular formula is C25H38N6O7. The van der Waals surface area contributed by atoms with Crippen LogP contribution in [0.4, 0.5) is 0 Å². The number of unbranched alkanes of at least 4 members (excludes halogenated alkanes) is 1. The molecule has 0 radical (unpaired) electrons. The highest BCUT2D eigenvalue weighted by atomic mass is 16.4. The summed E-state index contributed by atoms with van der Waals surface area (Å²) in [5.74, 6) is -3.86. The molecule has 2 rings (SSSR count). The van der Waals surface area contributed by atoms with Gasteiger partial charge < -0.3 is 47.7 Å². The summed E-state index contributed by atoms with van der Waals surface area (Å²) in [7, 11) is 0. The van der Waals surface area contributed by atoms with E-state index < -0.39 is 60.1 Å². The average molecular weight is 535 g/mol. The molecule has 0 aliphatic carbocycles. The minimum Gasteiger partial charge on any atom is -0.480 e. The van der Waals surface area contributed by atoms with Crippen LogP contribution >= 0.6 is 0 Å². The van der Waals surface area contributed by atoms with Gasteiger partial charge >= 0.3 is 5.97 Å². The number of fused-ring (bicyclic) bond motifs is 1. The summed E-state index contributed by atoms with van der Waals surface area (Å²) in [5, 5.41) is 37.1.